The Balaban J connectivity index is 4.86. The van der Waals surface area contributed by atoms with Crippen molar-refractivity contribution in [3.05, 3.63) is 0 Å². The molecule has 0 spiro atoms. The van der Waals surface area contributed by atoms with Gasteiger partial charge in [-0.15, -0.1) is 0 Å². The van der Waals surface area contributed by atoms with Crippen LogP contribution in [0.4, 0.5) is 0 Å². The molecule has 0 aromatic carbocycles. The highest BCUT2D eigenvalue weighted by Gasteiger charge is 2.24. The highest BCUT2D eigenvalue weighted by Crippen LogP contribution is 2.10. The molecule has 10 nitrogen and oxygen atoms in total. The van der Waals surface area contributed by atoms with Crippen molar-refractivity contribution < 1.29 is 29.8 Å². The predicted octanol–water partition coefficient (Wildman–Crippen LogP) is -3.00. The van der Waals surface area contributed by atoms with E-state index in [-0.39, 0.29) is 12.3 Å². The summed E-state index contributed by atoms with van der Waals surface area (Å²) in [5.74, 6) is -1.28. The van der Waals surface area contributed by atoms with Crippen LogP contribution in [0.1, 0.15) is 6.42 Å². The first-order valence-electron chi connectivity index (χ1n) is 9.15. The average molecular weight is 383 g/mol. The number of carbonyl (C=O) groups is 2. The van der Waals surface area contributed by atoms with Gasteiger partial charge in [-0.2, -0.15) is 0 Å². The number of carboxylic acids is 1. The molecule has 151 valence electrons. The molecule has 0 rings (SSSR count). The molecule has 0 aliphatic carbocycles. The normalized spacial score (nSPS) is 12.1. The van der Waals surface area contributed by atoms with E-state index in [9.17, 15) is 29.8 Å². The Hall–Kier alpha value is -0.880. The Bertz CT molecular complexity index is 422. The molecule has 1 unspecified atom stereocenters. The van der Waals surface area contributed by atoms with Gasteiger partial charge in [-0.25, -0.2) is 0 Å². The van der Waals surface area contributed by atoms with Crippen LogP contribution in [0.15, 0.2) is 0 Å². The van der Waals surface area contributed by atoms with Gasteiger partial charge >= 0.3 is 27.1 Å². The molecule has 0 amide bonds. The molecule has 1 radical (unpaired) electrons. The highest BCUT2D eigenvalue weighted by molar-refractivity contribution is 6.64. The molecule has 0 saturated carbocycles. The maximum Gasteiger partial charge on any atom is 0.376 e. The van der Waals surface area contributed by atoms with Gasteiger partial charge in [0.2, 0.25) is 0 Å². The van der Waals surface area contributed by atoms with Gasteiger partial charge in [-0.1, -0.05) is 0 Å². The summed E-state index contributed by atoms with van der Waals surface area (Å²) in [6.07, 6.45) is 0.527. The minimum absolute atomic E-state index is 0.111. The van der Waals surface area contributed by atoms with E-state index >= 15 is 0 Å². The largest absolute Gasteiger partial charge is 0.481 e. The third-order valence-corrected chi connectivity index (χ3v) is 3.93. The van der Waals surface area contributed by atoms with Crippen LogP contribution in [0.2, 0.25) is 20.5 Å². The second kappa shape index (κ2) is 15.1. The van der Waals surface area contributed by atoms with Gasteiger partial charge in [0.1, 0.15) is 0 Å². The minimum atomic E-state index is -0.958. The van der Waals surface area contributed by atoms with E-state index in [1.807, 2.05) is 0 Å². The van der Waals surface area contributed by atoms with Gasteiger partial charge in [0.25, 0.3) is 7.41 Å². The third-order valence-electron chi connectivity index (χ3n) is 3.93. The van der Waals surface area contributed by atoms with Crippen molar-refractivity contribution in [1.29, 1.82) is 0 Å². The molecule has 0 fully saturated rings. The molecule has 6 N–H and O–H groups in total. The maximum atomic E-state index is 11.2. The summed E-state index contributed by atoms with van der Waals surface area (Å²) in [7, 11) is -0.780. The lowest BCUT2D eigenvalue weighted by Gasteiger charge is -2.31. The molecule has 0 aliphatic rings. The Morgan fingerprint density at radius 1 is 1.07 bits per heavy atom. The Morgan fingerprint density at radius 2 is 1.63 bits per heavy atom. The van der Waals surface area contributed by atoms with Crippen LogP contribution in [0.25, 0.3) is 0 Å². The van der Waals surface area contributed by atoms with Crippen LogP contribution in [0.3, 0.4) is 0 Å². The number of nitrogens with one attached hydrogen (secondary N) is 2. The second-order valence-electron chi connectivity index (χ2n) is 6.63. The van der Waals surface area contributed by atoms with Crippen LogP contribution in [-0.2, 0) is 9.59 Å². The lowest BCUT2D eigenvalue weighted by atomic mass is 9.82. The van der Waals surface area contributed by atoms with Crippen molar-refractivity contribution in [2.75, 3.05) is 39.3 Å². The van der Waals surface area contributed by atoms with Gasteiger partial charge < -0.3 is 45.1 Å². The molecule has 0 aromatic heterocycles. The summed E-state index contributed by atoms with van der Waals surface area (Å²) < 4.78 is 0. The number of hydrogen-bond donors (Lipinski definition) is 6. The summed E-state index contributed by atoms with van der Waals surface area (Å²) >= 11 is 0. The number of carboxylic acid groups (broad SMARTS) is 1. The van der Waals surface area contributed by atoms with Crippen molar-refractivity contribution in [1.82, 2.24) is 20.1 Å². The summed E-state index contributed by atoms with van der Waals surface area (Å²) in [5, 5.41) is 43.4. The van der Waals surface area contributed by atoms with Crippen molar-refractivity contribution in [2.24, 2.45) is 5.92 Å². The van der Waals surface area contributed by atoms with Gasteiger partial charge in [-0.05, 0) is 59.1 Å². The average Bonchev–Trinajstić information content (AvgIpc) is 2.52. The number of aliphatic carboxylic acids is 1. The molecule has 14 heteroatoms. The second-order valence-corrected chi connectivity index (χ2v) is 6.63. The minimum Gasteiger partial charge on any atom is -0.481 e. The van der Waals surface area contributed by atoms with Crippen molar-refractivity contribution in [3.63, 3.8) is 0 Å². The van der Waals surface area contributed by atoms with E-state index < -0.39 is 27.1 Å². The van der Waals surface area contributed by atoms with Crippen molar-refractivity contribution >= 4 is 40.7 Å². The molecule has 0 heterocycles. The lowest BCUT2D eigenvalue weighted by molar-refractivity contribution is -0.138. The summed E-state index contributed by atoms with van der Waals surface area (Å²) in [5.41, 5.74) is 0. The van der Waals surface area contributed by atoms with Gasteiger partial charge in [0.05, 0.1) is 12.6 Å². The first kappa shape index (κ1) is 26.1. The van der Waals surface area contributed by atoms with E-state index in [4.69, 9.17) is 0 Å². The molecule has 0 bridgehead atoms. The fourth-order valence-corrected chi connectivity index (χ4v) is 2.67. The molecule has 0 aromatic rings. The highest BCUT2D eigenvalue weighted by atomic mass is 16.4. The SMILES string of the molecule is CB(O)NCCN([B]C=O)CC(CC(=O)O)CN(CCNB(C)O)B(C)O. The predicted molar refractivity (Wildman–Crippen MR) is 109 cm³/mol. The van der Waals surface area contributed by atoms with Crippen LogP contribution in [-0.4, -0.2) is 110 Å². The molecule has 0 saturated heterocycles. The zero-order valence-corrected chi connectivity index (χ0v) is 16.4. The number of rotatable bonds is 17. The van der Waals surface area contributed by atoms with Crippen LogP contribution in [0.5, 0.6) is 0 Å². The van der Waals surface area contributed by atoms with E-state index in [1.165, 1.54) is 7.41 Å². The van der Waals surface area contributed by atoms with Crippen molar-refractivity contribution in [2.45, 2.75) is 26.9 Å². The Kier molecular flexibility index (Phi) is 14.6. The van der Waals surface area contributed by atoms with E-state index in [2.05, 4.69) is 10.5 Å². The third kappa shape index (κ3) is 14.8. The maximum absolute atomic E-state index is 11.2. The van der Waals surface area contributed by atoms with E-state index in [1.54, 1.807) is 30.1 Å². The molecule has 1 atom stereocenters. The topological polar surface area (TPSA) is 146 Å². The number of hydrogen-bond acceptors (Lipinski definition) is 9. The Morgan fingerprint density at radius 3 is 2.07 bits per heavy atom. The van der Waals surface area contributed by atoms with E-state index in [0.717, 1.165) is 0 Å². The molecule has 0 aliphatic heterocycles. The van der Waals surface area contributed by atoms with E-state index in [0.29, 0.717) is 45.5 Å². The van der Waals surface area contributed by atoms with Crippen molar-refractivity contribution in [3.8, 4) is 0 Å². The smallest absolute Gasteiger partial charge is 0.376 e. The van der Waals surface area contributed by atoms with Crippen LogP contribution >= 0.6 is 0 Å². The summed E-state index contributed by atoms with van der Waals surface area (Å²) in [4.78, 5) is 25.5. The first-order valence-corrected chi connectivity index (χ1v) is 9.15. The fourth-order valence-electron chi connectivity index (χ4n) is 2.67. The zero-order valence-electron chi connectivity index (χ0n) is 16.4. The molecule has 27 heavy (non-hydrogen) atoms. The monoisotopic (exact) mass is 383 g/mol. The first-order chi connectivity index (χ1) is 12.6. The standard InChI is InChI=1S/C13H31B4N4O6/c1-15(25)18-4-6-20(14-11-22)9-12(8-13(23)24)10-21(17(3)27)7-5-19-16(2)26/h11-12,18-19,25-27H,4-10H2,1-3H3,(H,23,24). The quantitative estimate of drug-likeness (QED) is 0.114. The molecular weight excluding hydrogens is 351 g/mol. The van der Waals surface area contributed by atoms with Crippen LogP contribution < -0.4 is 10.5 Å². The lowest BCUT2D eigenvalue weighted by Crippen LogP contribution is -2.49. The Labute approximate surface area is 163 Å². The number of nitrogens with zero attached hydrogens (tertiary/aromatic N) is 2. The van der Waals surface area contributed by atoms with Gasteiger partial charge in [-0.3, -0.25) is 4.79 Å². The van der Waals surface area contributed by atoms with Crippen LogP contribution in [0, 0.1) is 5.92 Å². The number of carbonyl (C=O) groups excluding carboxylic acids is 1. The van der Waals surface area contributed by atoms with Gasteiger partial charge in [0, 0.05) is 6.54 Å². The zero-order chi connectivity index (χ0) is 20.8. The summed E-state index contributed by atoms with van der Waals surface area (Å²) in [6.45, 7) is 7.14. The fraction of sp³-hybridized carbons (Fsp3) is 0.846. The summed E-state index contributed by atoms with van der Waals surface area (Å²) in [6, 6.07) is 0. The van der Waals surface area contributed by atoms with Gasteiger partial charge in [0.15, 0.2) is 0 Å². The molecular formula is C13H31B4N4O6.